The lowest BCUT2D eigenvalue weighted by Crippen LogP contribution is -2.52. The van der Waals surface area contributed by atoms with E-state index in [4.69, 9.17) is 4.74 Å². The first-order chi connectivity index (χ1) is 14.9. The smallest absolute Gasteiger partial charge is 0.251 e. The average molecular weight is 464 g/mol. The fraction of sp³-hybridized carbons (Fsp3) is 0.708. The van der Waals surface area contributed by atoms with E-state index in [1.165, 1.54) is 16.8 Å². The summed E-state index contributed by atoms with van der Waals surface area (Å²) in [6.07, 6.45) is 3.48. The molecule has 1 aliphatic heterocycles. The second-order valence-electron chi connectivity index (χ2n) is 10.8. The number of ether oxygens (including phenoxy) is 1. The molecule has 4 rings (SSSR count). The second kappa shape index (κ2) is 8.29. The Bertz CT molecular complexity index is 980. The summed E-state index contributed by atoms with van der Waals surface area (Å²) in [6, 6.07) is 5.11. The van der Waals surface area contributed by atoms with Gasteiger partial charge < -0.3 is 15.4 Å². The van der Waals surface area contributed by atoms with Crippen molar-refractivity contribution >= 4 is 21.6 Å². The molecule has 0 radical (unpaired) electrons. The van der Waals surface area contributed by atoms with Gasteiger partial charge in [0.25, 0.3) is 5.91 Å². The van der Waals surface area contributed by atoms with Crippen LogP contribution in [-0.4, -0.2) is 57.0 Å². The maximum absolute atomic E-state index is 13.5. The van der Waals surface area contributed by atoms with E-state index in [1.807, 2.05) is 13.8 Å². The fourth-order valence-electron chi connectivity index (χ4n) is 6.11. The van der Waals surface area contributed by atoms with Crippen LogP contribution in [0.5, 0.6) is 0 Å². The fourth-order valence-corrected chi connectivity index (χ4v) is 7.70. The molecule has 1 aromatic carbocycles. The number of nitrogens with zero attached hydrogens (tertiary/aromatic N) is 1. The topological polar surface area (TPSA) is 87.7 Å². The van der Waals surface area contributed by atoms with E-state index in [0.717, 1.165) is 12.8 Å². The number of benzene rings is 1. The minimum Gasteiger partial charge on any atom is -0.382 e. The molecular formula is C24H37N3O4S. The van der Waals surface area contributed by atoms with Gasteiger partial charge >= 0.3 is 0 Å². The summed E-state index contributed by atoms with van der Waals surface area (Å²) in [6.45, 7) is 12.1. The Balaban J connectivity index is 1.65. The Morgan fingerprint density at radius 2 is 1.88 bits per heavy atom. The zero-order chi connectivity index (χ0) is 23.3. The lowest BCUT2D eigenvalue weighted by atomic mass is 9.68. The van der Waals surface area contributed by atoms with Crippen molar-refractivity contribution in [3.05, 3.63) is 23.8 Å². The lowest BCUT2D eigenvalue weighted by molar-refractivity contribution is 0.0729. The first-order valence-electron chi connectivity index (χ1n) is 11.7. The van der Waals surface area contributed by atoms with Crippen LogP contribution in [0.3, 0.4) is 0 Å². The van der Waals surface area contributed by atoms with Crippen molar-refractivity contribution in [1.82, 2.24) is 9.62 Å². The number of hydrogen-bond acceptors (Lipinski definition) is 5. The lowest BCUT2D eigenvalue weighted by Gasteiger charge is -2.43. The van der Waals surface area contributed by atoms with Crippen LogP contribution in [0.4, 0.5) is 5.69 Å². The van der Waals surface area contributed by atoms with Crippen molar-refractivity contribution in [2.45, 2.75) is 70.9 Å². The number of carbonyl (C=O) groups is 1. The van der Waals surface area contributed by atoms with Crippen LogP contribution in [0.1, 0.15) is 64.2 Å². The zero-order valence-corrected chi connectivity index (χ0v) is 20.7. The third-order valence-corrected chi connectivity index (χ3v) is 9.76. The molecule has 32 heavy (non-hydrogen) atoms. The van der Waals surface area contributed by atoms with Gasteiger partial charge in [-0.2, -0.15) is 4.31 Å². The van der Waals surface area contributed by atoms with E-state index < -0.39 is 10.0 Å². The number of hydrogen-bond donors (Lipinski definition) is 2. The van der Waals surface area contributed by atoms with Crippen LogP contribution in [-0.2, 0) is 14.8 Å². The SMILES string of the molecule is CC(C)Nc1ccc(C(=O)NC2C3(C)CC[C@H](C3)C2(C)C)cc1S(=O)(=O)N1CCOCC1. The van der Waals surface area contributed by atoms with Crippen LogP contribution in [0.2, 0.25) is 0 Å². The Morgan fingerprint density at radius 1 is 1.19 bits per heavy atom. The van der Waals surface area contributed by atoms with Crippen LogP contribution in [0.25, 0.3) is 0 Å². The van der Waals surface area contributed by atoms with E-state index in [-0.39, 0.29) is 33.7 Å². The van der Waals surface area contributed by atoms with Gasteiger partial charge in [0.05, 0.1) is 18.9 Å². The Morgan fingerprint density at radius 3 is 2.47 bits per heavy atom. The number of amides is 1. The third-order valence-electron chi connectivity index (χ3n) is 7.82. The van der Waals surface area contributed by atoms with Gasteiger partial charge in [-0.25, -0.2) is 8.42 Å². The minimum absolute atomic E-state index is 0.0322. The van der Waals surface area contributed by atoms with Gasteiger partial charge in [-0.15, -0.1) is 0 Å². The summed E-state index contributed by atoms with van der Waals surface area (Å²) in [5, 5.41) is 6.52. The molecular weight excluding hydrogens is 426 g/mol. The molecule has 3 atom stereocenters. The highest BCUT2D eigenvalue weighted by Gasteiger charge is 2.59. The summed E-state index contributed by atoms with van der Waals surface area (Å²) < 4.78 is 33.7. The summed E-state index contributed by atoms with van der Waals surface area (Å²) in [4.78, 5) is 13.5. The molecule has 1 aromatic rings. The standard InChI is InChI=1S/C24H37N3O4S/c1-16(2)25-19-7-6-17(14-20(19)32(29,30)27-10-12-31-13-11-27)21(28)26-22-23(3,4)18-8-9-24(22,5)15-18/h6-7,14,16,18,22,25H,8-13,15H2,1-5H3,(H,26,28)/t18-,22?,24?/m1/s1. The highest BCUT2D eigenvalue weighted by molar-refractivity contribution is 7.89. The highest BCUT2D eigenvalue weighted by Crippen LogP contribution is 2.62. The van der Waals surface area contributed by atoms with E-state index in [9.17, 15) is 13.2 Å². The van der Waals surface area contributed by atoms with Crippen LogP contribution in [0, 0.1) is 16.7 Å². The maximum atomic E-state index is 13.5. The van der Waals surface area contributed by atoms with Crippen molar-refractivity contribution in [3.63, 3.8) is 0 Å². The van der Waals surface area contributed by atoms with Crippen LogP contribution < -0.4 is 10.6 Å². The minimum atomic E-state index is -3.75. The van der Waals surface area contributed by atoms with Crippen LogP contribution >= 0.6 is 0 Å². The molecule has 0 spiro atoms. The van der Waals surface area contributed by atoms with E-state index in [1.54, 1.807) is 12.1 Å². The third kappa shape index (κ3) is 4.05. The second-order valence-corrected chi connectivity index (χ2v) is 12.8. The molecule has 2 aliphatic carbocycles. The molecule has 0 aromatic heterocycles. The molecule has 178 valence electrons. The van der Waals surface area contributed by atoms with Gasteiger partial charge in [0.1, 0.15) is 4.90 Å². The maximum Gasteiger partial charge on any atom is 0.251 e. The molecule has 1 saturated heterocycles. The molecule has 3 fully saturated rings. The van der Waals surface area contributed by atoms with Gasteiger partial charge in [0.15, 0.2) is 0 Å². The quantitative estimate of drug-likeness (QED) is 0.675. The molecule has 2 saturated carbocycles. The monoisotopic (exact) mass is 463 g/mol. The highest BCUT2D eigenvalue weighted by atomic mass is 32.2. The van der Waals surface area contributed by atoms with Crippen LogP contribution in [0.15, 0.2) is 23.1 Å². The van der Waals surface area contributed by atoms with Crippen molar-refractivity contribution in [2.24, 2.45) is 16.7 Å². The first kappa shape index (κ1) is 23.5. The van der Waals surface area contributed by atoms with Gasteiger partial charge in [-0.1, -0.05) is 20.8 Å². The predicted octanol–water partition coefficient (Wildman–Crippen LogP) is 3.47. The summed E-state index contributed by atoms with van der Waals surface area (Å²) in [5.41, 5.74) is 1.04. The average Bonchev–Trinajstić information content (AvgIpc) is 3.22. The number of morpholine rings is 1. The molecule has 8 heteroatoms. The first-order valence-corrected chi connectivity index (χ1v) is 13.2. The van der Waals surface area contributed by atoms with E-state index in [0.29, 0.717) is 43.5 Å². The number of fused-ring (bicyclic) bond motifs is 2. The largest absolute Gasteiger partial charge is 0.382 e. The summed E-state index contributed by atoms with van der Waals surface area (Å²) in [7, 11) is -3.75. The van der Waals surface area contributed by atoms with Crippen molar-refractivity contribution in [3.8, 4) is 0 Å². The van der Waals surface area contributed by atoms with Crippen molar-refractivity contribution < 1.29 is 17.9 Å². The van der Waals surface area contributed by atoms with Gasteiger partial charge in [0, 0.05) is 30.7 Å². The molecule has 1 heterocycles. The number of anilines is 1. The molecule has 3 aliphatic rings. The zero-order valence-electron chi connectivity index (χ0n) is 19.9. The molecule has 1 amide bonds. The number of sulfonamides is 1. The Kier molecular flexibility index (Phi) is 6.09. The number of nitrogens with one attached hydrogen (secondary N) is 2. The Hall–Kier alpha value is -1.64. The molecule has 2 unspecified atom stereocenters. The molecule has 7 nitrogen and oxygen atoms in total. The normalized spacial score (nSPS) is 29.9. The van der Waals surface area contributed by atoms with Gasteiger partial charge in [-0.05, 0) is 68.1 Å². The van der Waals surface area contributed by atoms with E-state index in [2.05, 4.69) is 31.4 Å². The number of rotatable bonds is 6. The molecule has 2 bridgehead atoms. The van der Waals surface area contributed by atoms with Gasteiger partial charge in [0.2, 0.25) is 10.0 Å². The number of carbonyl (C=O) groups excluding carboxylic acids is 1. The molecule has 2 N–H and O–H groups in total. The van der Waals surface area contributed by atoms with Crippen molar-refractivity contribution in [1.29, 1.82) is 0 Å². The Labute approximate surface area is 192 Å². The predicted molar refractivity (Wildman–Crippen MR) is 125 cm³/mol. The van der Waals surface area contributed by atoms with Gasteiger partial charge in [-0.3, -0.25) is 4.79 Å². The van der Waals surface area contributed by atoms with Crippen molar-refractivity contribution in [2.75, 3.05) is 31.6 Å². The summed E-state index contributed by atoms with van der Waals surface area (Å²) in [5.74, 6) is 0.416. The summed E-state index contributed by atoms with van der Waals surface area (Å²) >= 11 is 0. The van der Waals surface area contributed by atoms with E-state index >= 15 is 0 Å².